The van der Waals surface area contributed by atoms with Gasteiger partial charge in [-0.15, -0.1) is 0 Å². The number of carbonyl (C=O) groups is 1. The number of hydrogen-bond acceptors (Lipinski definition) is 9. The van der Waals surface area contributed by atoms with Crippen molar-refractivity contribution in [2.45, 2.75) is 40.0 Å². The summed E-state index contributed by atoms with van der Waals surface area (Å²) in [5.74, 6) is 0.541. The van der Waals surface area contributed by atoms with Crippen molar-refractivity contribution in [3.63, 3.8) is 0 Å². The van der Waals surface area contributed by atoms with Crippen LogP contribution in [-0.2, 0) is 22.6 Å². The lowest BCUT2D eigenvalue weighted by Crippen LogP contribution is -2.58. The van der Waals surface area contributed by atoms with Crippen LogP contribution in [0.2, 0.25) is 0 Å². The summed E-state index contributed by atoms with van der Waals surface area (Å²) in [6.07, 6.45) is 4.54. The van der Waals surface area contributed by atoms with Gasteiger partial charge in [0.05, 0.1) is 31.9 Å². The minimum Gasteiger partial charge on any atom is -0.431 e. The van der Waals surface area contributed by atoms with E-state index in [1.807, 2.05) is 32.0 Å². The third kappa shape index (κ3) is 8.75. The number of ether oxygens (including phenoxy) is 2. The van der Waals surface area contributed by atoms with Crippen molar-refractivity contribution in [1.82, 2.24) is 19.9 Å². The summed E-state index contributed by atoms with van der Waals surface area (Å²) >= 11 is 0. The molecular formula is C34H42N7O3+. The van der Waals surface area contributed by atoms with Crippen molar-refractivity contribution in [1.29, 1.82) is 0 Å². The van der Waals surface area contributed by atoms with E-state index in [4.69, 9.17) is 9.47 Å². The molecule has 0 unspecified atom stereocenters. The normalized spacial score (nSPS) is 14.7. The maximum Gasteiger partial charge on any atom is 0.512 e. The van der Waals surface area contributed by atoms with E-state index in [2.05, 4.69) is 86.9 Å². The van der Waals surface area contributed by atoms with Gasteiger partial charge in [0.1, 0.15) is 0 Å². The Morgan fingerprint density at radius 3 is 2.52 bits per heavy atom. The molecule has 2 N–H and O–H groups in total. The first-order chi connectivity index (χ1) is 21.2. The molecule has 10 nitrogen and oxygen atoms in total. The first kappa shape index (κ1) is 30.9. The zero-order valence-electron chi connectivity index (χ0n) is 26.0. The van der Waals surface area contributed by atoms with Crippen molar-refractivity contribution < 1.29 is 18.8 Å². The first-order valence-corrected chi connectivity index (χ1v) is 15.1. The van der Waals surface area contributed by atoms with Gasteiger partial charge < -0.3 is 20.1 Å². The molecule has 0 amide bonds. The molecule has 1 fully saturated rings. The molecule has 0 spiro atoms. The number of likely N-dealkylation sites (N-methyl/N-ethyl adjacent to an activating group) is 1. The van der Waals surface area contributed by atoms with E-state index in [1.165, 1.54) is 11.1 Å². The molecule has 0 saturated carbocycles. The molecule has 0 atom stereocenters. The van der Waals surface area contributed by atoms with Gasteiger partial charge in [-0.2, -0.15) is 0 Å². The third-order valence-electron chi connectivity index (χ3n) is 7.76. The predicted molar refractivity (Wildman–Crippen MR) is 172 cm³/mol. The molecule has 5 rings (SSSR count). The maximum absolute atomic E-state index is 11.8. The van der Waals surface area contributed by atoms with E-state index >= 15 is 0 Å². The highest BCUT2D eigenvalue weighted by atomic mass is 16.7. The van der Waals surface area contributed by atoms with Crippen LogP contribution in [-0.4, -0.2) is 76.6 Å². The summed E-state index contributed by atoms with van der Waals surface area (Å²) in [6, 6.07) is 20.8. The summed E-state index contributed by atoms with van der Waals surface area (Å²) in [6.45, 7) is 11.4. The fraction of sp³-hybridized carbons (Fsp3) is 0.353. The monoisotopic (exact) mass is 596 g/mol. The summed E-state index contributed by atoms with van der Waals surface area (Å²) in [7, 11) is 2.13. The molecule has 3 heterocycles. The highest BCUT2D eigenvalue weighted by molar-refractivity contribution is 5.67. The Morgan fingerprint density at radius 1 is 1.02 bits per heavy atom. The van der Waals surface area contributed by atoms with Crippen molar-refractivity contribution in [3.05, 3.63) is 95.9 Å². The molecule has 0 radical (unpaired) electrons. The number of carbonyl (C=O) groups excluding carboxylic acids is 1. The van der Waals surface area contributed by atoms with Gasteiger partial charge >= 0.3 is 6.16 Å². The van der Waals surface area contributed by atoms with Gasteiger partial charge in [0.25, 0.3) is 0 Å². The van der Waals surface area contributed by atoms with Gasteiger partial charge in [-0.1, -0.05) is 30.3 Å². The second-order valence-corrected chi connectivity index (χ2v) is 11.9. The van der Waals surface area contributed by atoms with Crippen molar-refractivity contribution in [2.24, 2.45) is 0 Å². The van der Waals surface area contributed by atoms with Crippen LogP contribution in [0.15, 0.2) is 79.3 Å². The van der Waals surface area contributed by atoms with Gasteiger partial charge in [-0.05, 0) is 67.8 Å². The lowest BCUT2D eigenvalue weighted by atomic mass is 10.1. The predicted octanol–water partition coefficient (Wildman–Crippen LogP) is 5.98. The summed E-state index contributed by atoms with van der Waals surface area (Å²) in [5, 5.41) is 6.92. The van der Waals surface area contributed by atoms with Crippen LogP contribution >= 0.6 is 0 Å². The fourth-order valence-corrected chi connectivity index (χ4v) is 5.02. The molecule has 2 aromatic carbocycles. The number of pyridine rings is 1. The van der Waals surface area contributed by atoms with E-state index in [9.17, 15) is 4.79 Å². The molecule has 1 aliphatic heterocycles. The topological polar surface area (TPSA) is 102 Å². The number of benzene rings is 2. The highest BCUT2D eigenvalue weighted by Gasteiger charge is 2.30. The largest absolute Gasteiger partial charge is 0.512 e. The molecule has 0 aliphatic carbocycles. The third-order valence-corrected chi connectivity index (χ3v) is 7.76. The lowest BCUT2D eigenvalue weighted by molar-refractivity contribution is -0.929. The Balaban J connectivity index is 1.10. The standard InChI is InChI=1S/C34H42N7O3/c1-25(2)44-34(42)43-24-41(4)18-16-40(17-19-41)23-28-10-8-27(9-11-28)21-37-30-12-7-26(3)32(20-30)39-33-36-15-13-31(38-33)29-6-5-14-35-22-29/h5-15,20,22,25,37H,16-19,21,23-24H2,1-4H3,(H,36,38,39)/q+1. The average molecular weight is 597 g/mol. The van der Waals surface area contributed by atoms with Crippen LogP contribution in [0.25, 0.3) is 11.3 Å². The summed E-state index contributed by atoms with van der Waals surface area (Å²) in [4.78, 5) is 27.5. The smallest absolute Gasteiger partial charge is 0.431 e. The quantitative estimate of drug-likeness (QED) is 0.160. The molecule has 1 saturated heterocycles. The lowest BCUT2D eigenvalue weighted by Gasteiger charge is -2.41. The molecule has 2 aromatic heterocycles. The van der Waals surface area contributed by atoms with Crippen LogP contribution in [0.1, 0.15) is 30.5 Å². The molecule has 10 heteroatoms. The van der Waals surface area contributed by atoms with Crippen LogP contribution in [0, 0.1) is 6.92 Å². The molecule has 4 aromatic rings. The van der Waals surface area contributed by atoms with E-state index in [1.54, 1.807) is 18.6 Å². The zero-order valence-corrected chi connectivity index (χ0v) is 26.0. The zero-order chi connectivity index (χ0) is 30.9. The van der Waals surface area contributed by atoms with E-state index in [0.29, 0.717) is 23.7 Å². The molecule has 1 aliphatic rings. The van der Waals surface area contributed by atoms with Crippen LogP contribution in [0.4, 0.5) is 22.1 Å². The van der Waals surface area contributed by atoms with Crippen LogP contribution < -0.4 is 10.6 Å². The Hall–Kier alpha value is -4.54. The maximum atomic E-state index is 11.8. The average Bonchev–Trinajstić information content (AvgIpc) is 3.03. The molecule has 44 heavy (non-hydrogen) atoms. The number of aromatic nitrogens is 3. The van der Waals surface area contributed by atoms with Crippen molar-refractivity contribution >= 4 is 23.5 Å². The Labute approximate surface area is 259 Å². The minimum atomic E-state index is -0.589. The Morgan fingerprint density at radius 2 is 1.80 bits per heavy atom. The number of anilines is 3. The number of nitrogens with zero attached hydrogens (tertiary/aromatic N) is 5. The SMILES string of the molecule is Cc1ccc(NCc2ccc(CN3CC[N+](C)(COC(=O)OC(C)C)CC3)cc2)cc1Nc1nccc(-c2cccnc2)n1. The van der Waals surface area contributed by atoms with E-state index < -0.39 is 6.16 Å². The highest BCUT2D eigenvalue weighted by Crippen LogP contribution is 2.25. The second kappa shape index (κ2) is 14.3. The van der Waals surface area contributed by atoms with Gasteiger partial charge in [0.15, 0.2) is 0 Å². The number of aryl methyl sites for hydroxylation is 1. The molecule has 0 bridgehead atoms. The molecular weight excluding hydrogens is 554 g/mol. The Bertz CT molecular complexity index is 1520. The first-order valence-electron chi connectivity index (χ1n) is 15.1. The van der Waals surface area contributed by atoms with E-state index in [0.717, 1.165) is 60.9 Å². The Kier molecular flexibility index (Phi) is 10.0. The number of hydrogen-bond donors (Lipinski definition) is 2. The van der Waals surface area contributed by atoms with E-state index in [-0.39, 0.29) is 6.10 Å². The summed E-state index contributed by atoms with van der Waals surface area (Å²) < 4.78 is 11.1. The van der Waals surface area contributed by atoms with Crippen LogP contribution in [0.5, 0.6) is 0 Å². The van der Waals surface area contributed by atoms with Crippen LogP contribution in [0.3, 0.4) is 0 Å². The van der Waals surface area contributed by atoms with Gasteiger partial charge in [0, 0.05) is 61.7 Å². The summed E-state index contributed by atoms with van der Waals surface area (Å²) in [5.41, 5.74) is 7.34. The van der Waals surface area contributed by atoms with Gasteiger partial charge in [-0.3, -0.25) is 14.4 Å². The van der Waals surface area contributed by atoms with Crippen molar-refractivity contribution in [2.75, 3.05) is 50.6 Å². The fourth-order valence-electron chi connectivity index (χ4n) is 5.02. The van der Waals surface area contributed by atoms with Gasteiger partial charge in [0.2, 0.25) is 12.7 Å². The number of piperazine rings is 1. The second-order valence-electron chi connectivity index (χ2n) is 11.9. The number of quaternary nitrogens is 1. The number of rotatable bonds is 11. The minimum absolute atomic E-state index is 0.173. The van der Waals surface area contributed by atoms with Gasteiger partial charge in [-0.25, -0.2) is 14.8 Å². The number of nitrogens with one attached hydrogen (secondary N) is 2. The molecule has 230 valence electrons. The van der Waals surface area contributed by atoms with Crippen molar-refractivity contribution in [3.8, 4) is 11.3 Å².